The summed E-state index contributed by atoms with van der Waals surface area (Å²) in [5.74, 6) is 1.85. The number of nitrogens with zero attached hydrogens (tertiary/aromatic N) is 2. The van der Waals surface area contributed by atoms with Gasteiger partial charge in [0.1, 0.15) is 30.5 Å². The molecule has 0 radical (unpaired) electrons. The largest absolute Gasteiger partial charge is 0.508 e. The van der Waals surface area contributed by atoms with Gasteiger partial charge in [-0.15, -0.1) is 11.3 Å². The number of hydrogen-bond acceptors (Lipinski definition) is 8. The Balaban J connectivity index is 1.06. The smallest absolute Gasteiger partial charge is 0.410 e. The van der Waals surface area contributed by atoms with Gasteiger partial charge in [0.2, 0.25) is 0 Å². The van der Waals surface area contributed by atoms with E-state index in [1.165, 1.54) is 24.2 Å². The van der Waals surface area contributed by atoms with Crippen LogP contribution in [0.3, 0.4) is 0 Å². The molecule has 9 heteroatoms. The summed E-state index contributed by atoms with van der Waals surface area (Å²) in [6, 6.07) is 20.6. The standard InChI is InChI=1S/C37H40N2O6S/c40-28-11-16-31-33(23-28)46-36(26-9-14-29(15-10-26)43-21-19-38-17-3-4-18-38)34(31)35(41)25-7-12-30(13-8-25)45-24-27-5-1-2-6-32(27)39-20-22-44-37(39)42/h7-16,23,27,32,40H,1-6,17-22,24H2/t27-,32+/m1/s1. The van der Waals surface area contributed by atoms with Crippen LogP contribution in [0.15, 0.2) is 66.7 Å². The second kappa shape index (κ2) is 13.7. The molecule has 7 rings (SSSR count). The van der Waals surface area contributed by atoms with Crippen LogP contribution in [0.1, 0.15) is 54.4 Å². The van der Waals surface area contributed by atoms with Gasteiger partial charge >= 0.3 is 6.09 Å². The number of carbonyl (C=O) groups excluding carboxylic acids is 2. The van der Waals surface area contributed by atoms with E-state index >= 15 is 0 Å². The zero-order valence-corrected chi connectivity index (χ0v) is 26.8. The molecule has 2 aliphatic heterocycles. The van der Waals surface area contributed by atoms with Crippen molar-refractivity contribution < 1.29 is 28.9 Å². The summed E-state index contributed by atoms with van der Waals surface area (Å²) in [4.78, 5) is 31.5. The summed E-state index contributed by atoms with van der Waals surface area (Å²) >= 11 is 1.50. The zero-order valence-electron chi connectivity index (χ0n) is 26.0. The predicted octanol–water partition coefficient (Wildman–Crippen LogP) is 7.37. The Hall–Kier alpha value is -4.08. The lowest BCUT2D eigenvalue weighted by atomic mass is 9.84. The quantitative estimate of drug-likeness (QED) is 0.171. The molecular formula is C37H40N2O6S. The van der Waals surface area contributed by atoms with E-state index in [-0.39, 0.29) is 29.6 Å². The number of aromatic hydroxyl groups is 1. The third kappa shape index (κ3) is 6.57. The number of carbonyl (C=O) groups is 2. The summed E-state index contributed by atoms with van der Waals surface area (Å²) in [5.41, 5.74) is 2.12. The Morgan fingerprint density at radius 1 is 0.891 bits per heavy atom. The second-order valence-electron chi connectivity index (χ2n) is 12.5. The van der Waals surface area contributed by atoms with Gasteiger partial charge < -0.3 is 24.2 Å². The number of phenols is 1. The van der Waals surface area contributed by atoms with Gasteiger partial charge in [0.15, 0.2) is 5.78 Å². The fraction of sp³-hybridized carbons (Fsp3) is 0.405. The highest BCUT2D eigenvalue weighted by Crippen LogP contribution is 2.41. The predicted molar refractivity (Wildman–Crippen MR) is 179 cm³/mol. The van der Waals surface area contributed by atoms with Crippen molar-refractivity contribution in [2.24, 2.45) is 5.92 Å². The number of ketones is 1. The maximum atomic E-state index is 14.1. The molecule has 3 aliphatic rings. The molecule has 1 amide bonds. The van der Waals surface area contributed by atoms with Crippen LogP contribution in [0.25, 0.3) is 20.5 Å². The van der Waals surface area contributed by atoms with Crippen molar-refractivity contribution in [2.75, 3.05) is 46.0 Å². The monoisotopic (exact) mass is 640 g/mol. The molecule has 0 bridgehead atoms. The zero-order chi connectivity index (χ0) is 31.5. The first-order chi connectivity index (χ1) is 22.5. The van der Waals surface area contributed by atoms with Gasteiger partial charge in [-0.1, -0.05) is 12.8 Å². The van der Waals surface area contributed by atoms with Crippen molar-refractivity contribution in [2.45, 2.75) is 44.6 Å². The number of fused-ring (bicyclic) bond motifs is 1. The molecule has 1 aliphatic carbocycles. The highest BCUT2D eigenvalue weighted by molar-refractivity contribution is 7.22. The average molecular weight is 641 g/mol. The third-order valence-electron chi connectivity index (χ3n) is 9.53. The first-order valence-electron chi connectivity index (χ1n) is 16.5. The van der Waals surface area contributed by atoms with Gasteiger partial charge in [-0.25, -0.2) is 4.79 Å². The van der Waals surface area contributed by atoms with Crippen LogP contribution < -0.4 is 9.47 Å². The Kier molecular flexibility index (Phi) is 9.12. The topological polar surface area (TPSA) is 88.5 Å². The number of ether oxygens (including phenoxy) is 3. The van der Waals surface area contributed by atoms with Crippen LogP contribution >= 0.6 is 11.3 Å². The maximum absolute atomic E-state index is 14.1. The number of thiophene rings is 1. The number of benzene rings is 3. The molecule has 240 valence electrons. The van der Waals surface area contributed by atoms with E-state index < -0.39 is 0 Å². The first-order valence-corrected chi connectivity index (χ1v) is 17.3. The summed E-state index contributed by atoms with van der Waals surface area (Å²) < 4.78 is 18.3. The molecule has 3 aromatic carbocycles. The van der Waals surface area contributed by atoms with Gasteiger partial charge in [-0.3, -0.25) is 9.69 Å². The van der Waals surface area contributed by atoms with Gasteiger partial charge in [0, 0.05) is 44.6 Å². The van der Waals surface area contributed by atoms with E-state index in [0.717, 1.165) is 71.6 Å². The van der Waals surface area contributed by atoms with E-state index in [4.69, 9.17) is 14.2 Å². The van der Waals surface area contributed by atoms with Gasteiger partial charge in [-0.2, -0.15) is 0 Å². The van der Waals surface area contributed by atoms with E-state index in [2.05, 4.69) is 4.90 Å². The lowest BCUT2D eigenvalue weighted by molar-refractivity contribution is 0.0924. The van der Waals surface area contributed by atoms with Crippen molar-refractivity contribution in [3.63, 3.8) is 0 Å². The van der Waals surface area contributed by atoms with Crippen molar-refractivity contribution >= 4 is 33.3 Å². The van der Waals surface area contributed by atoms with Crippen LogP contribution in [0, 0.1) is 5.92 Å². The van der Waals surface area contributed by atoms with Crippen molar-refractivity contribution in [1.29, 1.82) is 0 Å². The van der Waals surface area contributed by atoms with E-state index in [0.29, 0.717) is 43.2 Å². The molecule has 1 aromatic heterocycles. The Morgan fingerprint density at radius 2 is 1.63 bits per heavy atom. The van der Waals surface area contributed by atoms with Crippen LogP contribution in [-0.4, -0.2) is 78.8 Å². The van der Waals surface area contributed by atoms with Crippen LogP contribution in [0.4, 0.5) is 4.79 Å². The molecule has 3 heterocycles. The molecule has 2 atom stereocenters. The number of amides is 1. The first kappa shape index (κ1) is 30.6. The molecule has 8 nitrogen and oxygen atoms in total. The average Bonchev–Trinajstić information content (AvgIpc) is 3.84. The van der Waals surface area contributed by atoms with Crippen LogP contribution in [-0.2, 0) is 4.74 Å². The fourth-order valence-corrected chi connectivity index (χ4v) is 8.30. The van der Waals surface area contributed by atoms with Crippen LogP contribution in [0.2, 0.25) is 0 Å². The SMILES string of the molecule is O=C(c1ccc(OC[C@H]2CCCC[C@@H]2N2CCOC2=O)cc1)c1c(-c2ccc(OCCN3CCCC3)cc2)sc2cc(O)ccc12. The molecule has 1 saturated carbocycles. The molecule has 2 saturated heterocycles. The van der Waals surface area contributed by atoms with E-state index in [1.54, 1.807) is 12.1 Å². The number of hydrogen-bond donors (Lipinski definition) is 1. The van der Waals surface area contributed by atoms with Gasteiger partial charge in [0.05, 0.1) is 13.2 Å². The summed E-state index contributed by atoms with van der Waals surface area (Å²) in [5, 5.41) is 11.0. The minimum atomic E-state index is -0.215. The minimum absolute atomic E-state index is 0.0793. The fourth-order valence-electron chi connectivity index (χ4n) is 7.07. The normalized spacial score (nSPS) is 20.3. The Bertz CT molecular complexity index is 1680. The highest BCUT2D eigenvalue weighted by Gasteiger charge is 2.36. The number of phenolic OH excluding ortho intramolecular Hbond substituents is 1. The molecule has 4 aromatic rings. The molecule has 46 heavy (non-hydrogen) atoms. The van der Waals surface area contributed by atoms with Crippen molar-refractivity contribution in [3.05, 3.63) is 77.9 Å². The second-order valence-corrected chi connectivity index (χ2v) is 13.5. The Labute approximate surface area is 273 Å². The summed E-state index contributed by atoms with van der Waals surface area (Å²) in [6.45, 7) is 5.50. The lowest BCUT2D eigenvalue weighted by Crippen LogP contribution is -2.45. The van der Waals surface area contributed by atoms with Gasteiger partial charge in [0.25, 0.3) is 0 Å². The molecular weight excluding hydrogens is 600 g/mol. The van der Waals surface area contributed by atoms with Crippen LogP contribution in [0.5, 0.6) is 17.2 Å². The highest BCUT2D eigenvalue weighted by atomic mass is 32.1. The Morgan fingerprint density at radius 3 is 2.39 bits per heavy atom. The maximum Gasteiger partial charge on any atom is 0.410 e. The minimum Gasteiger partial charge on any atom is -0.508 e. The summed E-state index contributed by atoms with van der Waals surface area (Å²) in [7, 11) is 0. The number of likely N-dealkylation sites (tertiary alicyclic amines) is 1. The molecule has 0 spiro atoms. The van der Waals surface area contributed by atoms with E-state index in [9.17, 15) is 14.7 Å². The number of rotatable bonds is 11. The van der Waals surface area contributed by atoms with Gasteiger partial charge in [-0.05, 0) is 111 Å². The lowest BCUT2D eigenvalue weighted by Gasteiger charge is -2.36. The molecule has 3 fully saturated rings. The molecule has 1 N–H and O–H groups in total. The number of cyclic esters (lactones) is 1. The van der Waals surface area contributed by atoms with E-state index in [1.807, 2.05) is 59.5 Å². The van der Waals surface area contributed by atoms with Crippen molar-refractivity contribution in [1.82, 2.24) is 9.80 Å². The summed E-state index contributed by atoms with van der Waals surface area (Å²) in [6.07, 6.45) is 6.54. The third-order valence-corrected chi connectivity index (χ3v) is 10.7. The van der Waals surface area contributed by atoms with Crippen molar-refractivity contribution in [3.8, 4) is 27.7 Å². The molecule has 0 unspecified atom stereocenters.